The molecule has 1 heterocycles. The number of carbonyl (C=O) groups excluding carboxylic acids is 2. The summed E-state index contributed by atoms with van der Waals surface area (Å²) in [6.45, 7) is 0.376. The zero-order valence-corrected chi connectivity index (χ0v) is 13.3. The van der Waals surface area contributed by atoms with Gasteiger partial charge < -0.3 is 20.0 Å². The quantitative estimate of drug-likeness (QED) is 0.810. The van der Waals surface area contributed by atoms with E-state index < -0.39 is 5.91 Å². The number of rotatable bonds is 7. The summed E-state index contributed by atoms with van der Waals surface area (Å²) < 4.78 is 4.96. The molecule has 0 aliphatic heterocycles. The van der Waals surface area contributed by atoms with E-state index in [-0.39, 0.29) is 24.3 Å². The van der Waals surface area contributed by atoms with Crippen molar-refractivity contribution in [2.45, 2.75) is 6.04 Å². The van der Waals surface area contributed by atoms with Crippen molar-refractivity contribution in [1.82, 2.24) is 15.5 Å². The second-order valence-corrected chi connectivity index (χ2v) is 5.35. The number of benzene rings is 1. The second-order valence-electron chi connectivity index (χ2n) is 5.35. The summed E-state index contributed by atoms with van der Waals surface area (Å²) >= 11 is 0. The number of likely N-dealkylation sites (N-methyl/N-ethyl adjacent to an activating group) is 1. The van der Waals surface area contributed by atoms with Gasteiger partial charge >= 0.3 is 0 Å². The minimum atomic E-state index is -0.405. The van der Waals surface area contributed by atoms with Crippen molar-refractivity contribution in [3.63, 3.8) is 0 Å². The minimum absolute atomic E-state index is 0.0703. The predicted molar refractivity (Wildman–Crippen MR) is 86.9 cm³/mol. The molecule has 0 saturated carbocycles. The van der Waals surface area contributed by atoms with E-state index in [1.165, 1.54) is 6.26 Å². The molecule has 0 bridgehead atoms. The van der Waals surface area contributed by atoms with E-state index >= 15 is 0 Å². The van der Waals surface area contributed by atoms with Crippen LogP contribution < -0.4 is 10.6 Å². The molecule has 2 N–H and O–H groups in total. The van der Waals surface area contributed by atoms with Crippen LogP contribution in [0.1, 0.15) is 22.2 Å². The van der Waals surface area contributed by atoms with Crippen molar-refractivity contribution in [2.24, 2.45) is 0 Å². The first kappa shape index (κ1) is 16.8. The number of furan rings is 1. The molecule has 6 nitrogen and oxygen atoms in total. The maximum Gasteiger partial charge on any atom is 0.287 e. The largest absolute Gasteiger partial charge is 0.459 e. The molecule has 0 radical (unpaired) electrons. The molecule has 0 aliphatic rings. The Balaban J connectivity index is 1.81. The summed E-state index contributed by atoms with van der Waals surface area (Å²) in [4.78, 5) is 25.6. The van der Waals surface area contributed by atoms with E-state index in [2.05, 4.69) is 10.6 Å². The molecule has 2 rings (SSSR count). The van der Waals surface area contributed by atoms with Crippen molar-refractivity contribution >= 4 is 11.8 Å². The Labute approximate surface area is 135 Å². The smallest absolute Gasteiger partial charge is 0.287 e. The highest BCUT2D eigenvalue weighted by molar-refractivity contribution is 5.94. The van der Waals surface area contributed by atoms with Gasteiger partial charge in [-0.2, -0.15) is 0 Å². The second kappa shape index (κ2) is 8.14. The molecule has 6 heteroatoms. The Morgan fingerprint density at radius 1 is 1.09 bits per heavy atom. The first-order valence-electron chi connectivity index (χ1n) is 7.37. The van der Waals surface area contributed by atoms with Crippen LogP contribution in [0.5, 0.6) is 0 Å². The molecular weight excluding hydrogens is 294 g/mol. The lowest BCUT2D eigenvalue weighted by Crippen LogP contribution is -2.40. The van der Waals surface area contributed by atoms with Crippen molar-refractivity contribution in [1.29, 1.82) is 0 Å². The number of hydrogen-bond donors (Lipinski definition) is 2. The van der Waals surface area contributed by atoms with Gasteiger partial charge in [0.05, 0.1) is 18.8 Å². The average Bonchev–Trinajstić information content (AvgIpc) is 3.08. The van der Waals surface area contributed by atoms with Crippen LogP contribution in [0.4, 0.5) is 0 Å². The molecule has 23 heavy (non-hydrogen) atoms. The van der Waals surface area contributed by atoms with Gasteiger partial charge in [-0.15, -0.1) is 0 Å². The van der Waals surface area contributed by atoms with Gasteiger partial charge in [0.15, 0.2) is 5.76 Å². The van der Waals surface area contributed by atoms with Crippen LogP contribution >= 0.6 is 0 Å². The third-order valence-electron chi connectivity index (χ3n) is 3.45. The zero-order valence-electron chi connectivity index (χ0n) is 13.3. The van der Waals surface area contributed by atoms with Crippen LogP contribution in [0.3, 0.4) is 0 Å². The summed E-state index contributed by atoms with van der Waals surface area (Å²) in [7, 11) is 3.92. The van der Waals surface area contributed by atoms with Gasteiger partial charge in [0, 0.05) is 6.54 Å². The van der Waals surface area contributed by atoms with Crippen molar-refractivity contribution in [3.8, 4) is 0 Å². The van der Waals surface area contributed by atoms with E-state index in [4.69, 9.17) is 4.42 Å². The Hall–Kier alpha value is -2.60. The first-order valence-corrected chi connectivity index (χ1v) is 7.37. The molecule has 1 aromatic carbocycles. The molecule has 0 saturated heterocycles. The highest BCUT2D eigenvalue weighted by Gasteiger charge is 2.15. The highest BCUT2D eigenvalue weighted by Crippen LogP contribution is 2.16. The number of nitrogens with one attached hydrogen (secondary N) is 2. The fraction of sp³-hybridized carbons (Fsp3) is 0.294. The van der Waals surface area contributed by atoms with Gasteiger partial charge in [-0.1, -0.05) is 30.3 Å². The molecule has 1 atom stereocenters. The molecule has 2 amide bonds. The Kier molecular flexibility index (Phi) is 5.94. The maximum atomic E-state index is 11.9. The summed E-state index contributed by atoms with van der Waals surface area (Å²) in [6, 6.07) is 13.2. The maximum absolute atomic E-state index is 11.9. The molecule has 0 spiro atoms. The third kappa shape index (κ3) is 4.96. The predicted octanol–water partition coefficient (Wildman–Crippen LogP) is 1.43. The summed E-state index contributed by atoms with van der Waals surface area (Å²) in [5.74, 6) is -0.460. The third-order valence-corrected chi connectivity index (χ3v) is 3.45. The number of carbonyl (C=O) groups is 2. The lowest BCUT2D eigenvalue weighted by atomic mass is 10.1. The molecule has 0 aliphatic carbocycles. The monoisotopic (exact) mass is 315 g/mol. The van der Waals surface area contributed by atoms with Crippen molar-refractivity contribution in [3.05, 3.63) is 60.1 Å². The fourth-order valence-corrected chi connectivity index (χ4v) is 2.20. The van der Waals surface area contributed by atoms with Crippen LogP contribution in [-0.4, -0.2) is 43.9 Å². The summed E-state index contributed by atoms with van der Waals surface area (Å²) in [5.41, 5.74) is 1.12. The average molecular weight is 315 g/mol. The van der Waals surface area contributed by atoms with Gasteiger partial charge in [-0.3, -0.25) is 9.59 Å². The van der Waals surface area contributed by atoms with Crippen LogP contribution in [0.25, 0.3) is 0 Å². The Morgan fingerprint density at radius 2 is 1.83 bits per heavy atom. The molecule has 1 unspecified atom stereocenters. The van der Waals surface area contributed by atoms with Crippen molar-refractivity contribution < 1.29 is 14.0 Å². The topological polar surface area (TPSA) is 74.6 Å². The van der Waals surface area contributed by atoms with E-state index in [0.717, 1.165) is 5.56 Å². The van der Waals surface area contributed by atoms with Crippen molar-refractivity contribution in [2.75, 3.05) is 27.2 Å². The van der Waals surface area contributed by atoms with Gasteiger partial charge in [0.25, 0.3) is 5.91 Å². The minimum Gasteiger partial charge on any atom is -0.459 e. The molecule has 0 fully saturated rings. The molecule has 1 aromatic heterocycles. The normalized spacial score (nSPS) is 12.0. The first-order chi connectivity index (χ1) is 11.1. The van der Waals surface area contributed by atoms with Gasteiger partial charge in [0.2, 0.25) is 5.91 Å². The van der Waals surface area contributed by atoms with Crippen LogP contribution in [0.2, 0.25) is 0 Å². The Morgan fingerprint density at radius 3 is 2.43 bits per heavy atom. The van der Waals surface area contributed by atoms with Crippen LogP contribution in [0, 0.1) is 0 Å². The zero-order chi connectivity index (χ0) is 16.7. The lowest BCUT2D eigenvalue weighted by molar-refractivity contribution is -0.120. The van der Waals surface area contributed by atoms with E-state index in [1.54, 1.807) is 12.1 Å². The number of amides is 2. The fourth-order valence-electron chi connectivity index (χ4n) is 2.20. The van der Waals surface area contributed by atoms with E-state index in [0.29, 0.717) is 6.54 Å². The standard InChI is InChI=1S/C17H21N3O3/c1-20(2)14(13-7-4-3-5-8-13)11-18-16(21)12-19-17(22)15-9-6-10-23-15/h3-10,14H,11-12H2,1-2H3,(H,18,21)(H,19,22). The lowest BCUT2D eigenvalue weighted by Gasteiger charge is -2.25. The van der Waals surface area contributed by atoms with E-state index in [9.17, 15) is 9.59 Å². The number of nitrogens with zero attached hydrogens (tertiary/aromatic N) is 1. The molecular formula is C17H21N3O3. The summed E-state index contributed by atoms with van der Waals surface area (Å²) in [6.07, 6.45) is 1.41. The highest BCUT2D eigenvalue weighted by atomic mass is 16.3. The number of hydrogen-bond acceptors (Lipinski definition) is 4. The van der Waals surface area contributed by atoms with Crippen LogP contribution in [0.15, 0.2) is 53.1 Å². The SMILES string of the molecule is CN(C)C(CNC(=O)CNC(=O)c1ccco1)c1ccccc1. The van der Waals surface area contributed by atoms with Gasteiger partial charge in [-0.05, 0) is 31.8 Å². The van der Waals surface area contributed by atoms with Gasteiger partial charge in [0.1, 0.15) is 0 Å². The molecule has 2 aromatic rings. The van der Waals surface area contributed by atoms with E-state index in [1.807, 2.05) is 49.3 Å². The molecule has 122 valence electrons. The van der Waals surface area contributed by atoms with Gasteiger partial charge in [-0.25, -0.2) is 0 Å². The van der Waals surface area contributed by atoms with Crippen LogP contribution in [-0.2, 0) is 4.79 Å². The summed E-state index contributed by atoms with van der Waals surface area (Å²) in [5, 5.41) is 5.36. The Bertz CT molecular complexity index is 624.